The molecule has 0 spiro atoms. The van der Waals surface area contributed by atoms with E-state index in [2.05, 4.69) is 28.9 Å². The van der Waals surface area contributed by atoms with Gasteiger partial charge in [0.15, 0.2) is 0 Å². The molecule has 0 unspecified atom stereocenters. The van der Waals surface area contributed by atoms with E-state index in [-0.39, 0.29) is 11.9 Å². The number of aromatic nitrogens is 1. The fourth-order valence-corrected chi connectivity index (χ4v) is 2.85. The number of nitrogens with two attached hydrogens (primary N) is 1. The zero-order valence-electron chi connectivity index (χ0n) is 13.1. The Morgan fingerprint density at radius 3 is 2.64 bits per heavy atom. The SMILES string of the molecule is Cc1cc(Nc2cccc(N[C@H](CC(C)C)C(N)=O)c2)sn1. The molecule has 1 aromatic heterocycles. The van der Waals surface area contributed by atoms with Crippen LogP contribution in [0.3, 0.4) is 0 Å². The van der Waals surface area contributed by atoms with Crippen LogP contribution in [0, 0.1) is 12.8 Å². The number of nitrogens with zero attached hydrogens (tertiary/aromatic N) is 1. The number of nitrogens with one attached hydrogen (secondary N) is 2. The second-order valence-corrected chi connectivity index (χ2v) is 6.57. The first-order valence-electron chi connectivity index (χ1n) is 7.30. The number of primary amides is 1. The number of benzene rings is 1. The summed E-state index contributed by atoms with van der Waals surface area (Å²) in [5.74, 6) is 0.0663. The van der Waals surface area contributed by atoms with Crippen LogP contribution in [0.5, 0.6) is 0 Å². The second kappa shape index (κ2) is 7.26. The third kappa shape index (κ3) is 4.73. The Labute approximate surface area is 135 Å². The molecule has 1 amide bonds. The van der Waals surface area contributed by atoms with E-state index in [1.165, 1.54) is 11.5 Å². The van der Waals surface area contributed by atoms with E-state index in [1.54, 1.807) is 0 Å². The van der Waals surface area contributed by atoms with Gasteiger partial charge in [-0.15, -0.1) is 0 Å². The molecule has 0 aliphatic rings. The first kappa shape index (κ1) is 16.3. The molecule has 118 valence electrons. The number of carbonyl (C=O) groups excluding carboxylic acids is 1. The molecule has 0 saturated heterocycles. The predicted molar refractivity (Wildman–Crippen MR) is 92.6 cm³/mol. The summed E-state index contributed by atoms with van der Waals surface area (Å²) in [6.07, 6.45) is 0.709. The summed E-state index contributed by atoms with van der Waals surface area (Å²) in [5.41, 5.74) is 8.28. The molecule has 1 heterocycles. The van der Waals surface area contributed by atoms with Gasteiger partial charge in [0, 0.05) is 11.4 Å². The lowest BCUT2D eigenvalue weighted by Gasteiger charge is -2.19. The number of hydrogen-bond acceptors (Lipinski definition) is 5. The van der Waals surface area contributed by atoms with Gasteiger partial charge in [0.1, 0.15) is 11.0 Å². The van der Waals surface area contributed by atoms with Crippen LogP contribution in [0.25, 0.3) is 0 Å². The minimum atomic E-state index is -0.360. The van der Waals surface area contributed by atoms with Crippen molar-refractivity contribution in [3.8, 4) is 0 Å². The quantitative estimate of drug-likeness (QED) is 0.730. The molecule has 0 aliphatic heterocycles. The maximum atomic E-state index is 11.6. The highest BCUT2D eigenvalue weighted by Gasteiger charge is 2.16. The molecule has 0 fully saturated rings. The monoisotopic (exact) mass is 318 g/mol. The summed E-state index contributed by atoms with van der Waals surface area (Å²) in [5, 5.41) is 7.51. The van der Waals surface area contributed by atoms with Crippen molar-refractivity contribution in [2.45, 2.75) is 33.2 Å². The summed E-state index contributed by atoms with van der Waals surface area (Å²) < 4.78 is 4.24. The molecule has 0 bridgehead atoms. The van der Waals surface area contributed by atoms with Gasteiger partial charge >= 0.3 is 0 Å². The average Bonchev–Trinajstić information content (AvgIpc) is 2.83. The molecule has 2 aromatic rings. The highest BCUT2D eigenvalue weighted by molar-refractivity contribution is 7.10. The number of amides is 1. The molecule has 2 rings (SSSR count). The standard InChI is InChI=1S/C16H22N4OS/c1-10(2)7-14(16(17)21)18-12-5-4-6-13(9-12)19-15-8-11(3)20-22-15/h4-6,8-10,14,18-19H,7H2,1-3H3,(H2,17,21)/t14-/m1/s1. The molecule has 0 saturated carbocycles. The third-order valence-electron chi connectivity index (χ3n) is 3.15. The van der Waals surface area contributed by atoms with Gasteiger partial charge in [-0.25, -0.2) is 0 Å². The first-order valence-corrected chi connectivity index (χ1v) is 8.07. The summed E-state index contributed by atoms with van der Waals surface area (Å²) in [6.45, 7) is 6.10. The molecule has 5 nitrogen and oxygen atoms in total. The molecule has 1 atom stereocenters. The Morgan fingerprint density at radius 1 is 1.32 bits per heavy atom. The first-order chi connectivity index (χ1) is 10.4. The van der Waals surface area contributed by atoms with Gasteiger partial charge in [0.25, 0.3) is 0 Å². The lowest BCUT2D eigenvalue weighted by molar-refractivity contribution is -0.119. The molecule has 6 heteroatoms. The van der Waals surface area contributed by atoms with Crippen LogP contribution in [-0.2, 0) is 4.79 Å². The fraction of sp³-hybridized carbons (Fsp3) is 0.375. The number of rotatable bonds is 7. The summed E-state index contributed by atoms with van der Waals surface area (Å²) in [4.78, 5) is 11.6. The van der Waals surface area contributed by atoms with Crippen LogP contribution in [0.15, 0.2) is 30.3 Å². The molecule has 4 N–H and O–H groups in total. The molecule has 22 heavy (non-hydrogen) atoms. The molecule has 0 radical (unpaired) electrons. The highest BCUT2D eigenvalue weighted by atomic mass is 32.1. The zero-order valence-corrected chi connectivity index (χ0v) is 13.9. The van der Waals surface area contributed by atoms with Crippen LogP contribution < -0.4 is 16.4 Å². The van der Waals surface area contributed by atoms with E-state index in [4.69, 9.17) is 5.73 Å². The van der Waals surface area contributed by atoms with Crippen molar-refractivity contribution in [1.29, 1.82) is 0 Å². The lowest BCUT2D eigenvalue weighted by atomic mass is 10.0. The van der Waals surface area contributed by atoms with Gasteiger partial charge in [-0.05, 0) is 55.1 Å². The van der Waals surface area contributed by atoms with Crippen molar-refractivity contribution < 1.29 is 4.79 Å². The van der Waals surface area contributed by atoms with Crippen molar-refractivity contribution in [2.75, 3.05) is 10.6 Å². The van der Waals surface area contributed by atoms with Gasteiger partial charge in [0.05, 0.1) is 5.69 Å². The van der Waals surface area contributed by atoms with Gasteiger partial charge < -0.3 is 16.4 Å². The number of anilines is 3. The Morgan fingerprint density at radius 2 is 2.05 bits per heavy atom. The Kier molecular flexibility index (Phi) is 5.38. The topological polar surface area (TPSA) is 80.0 Å². The molecule has 0 aliphatic carbocycles. The number of aryl methyl sites for hydroxylation is 1. The molecule has 1 aromatic carbocycles. The van der Waals surface area contributed by atoms with E-state index in [9.17, 15) is 4.79 Å². The van der Waals surface area contributed by atoms with Crippen LogP contribution >= 0.6 is 11.5 Å². The second-order valence-electron chi connectivity index (χ2n) is 5.77. The Bertz CT molecular complexity index is 639. The van der Waals surface area contributed by atoms with E-state index in [1.807, 2.05) is 37.3 Å². The summed E-state index contributed by atoms with van der Waals surface area (Å²) in [6, 6.07) is 9.44. The molecular weight excluding hydrogens is 296 g/mol. The van der Waals surface area contributed by atoms with Crippen LogP contribution in [-0.4, -0.2) is 16.3 Å². The van der Waals surface area contributed by atoms with Gasteiger partial charge in [-0.1, -0.05) is 19.9 Å². The van der Waals surface area contributed by atoms with Crippen molar-refractivity contribution >= 4 is 33.8 Å². The maximum absolute atomic E-state index is 11.6. The minimum Gasteiger partial charge on any atom is -0.374 e. The van der Waals surface area contributed by atoms with E-state index in [0.29, 0.717) is 12.3 Å². The normalized spacial score (nSPS) is 12.2. The van der Waals surface area contributed by atoms with Crippen molar-refractivity contribution in [2.24, 2.45) is 11.7 Å². The van der Waals surface area contributed by atoms with Gasteiger partial charge in [-0.3, -0.25) is 4.79 Å². The number of hydrogen-bond donors (Lipinski definition) is 3. The predicted octanol–water partition coefficient (Wildman–Crippen LogP) is 3.51. The average molecular weight is 318 g/mol. The summed E-state index contributed by atoms with van der Waals surface area (Å²) in [7, 11) is 0. The van der Waals surface area contributed by atoms with E-state index < -0.39 is 0 Å². The van der Waals surface area contributed by atoms with E-state index >= 15 is 0 Å². The number of carbonyl (C=O) groups is 1. The Balaban J connectivity index is 2.08. The lowest BCUT2D eigenvalue weighted by Crippen LogP contribution is -2.36. The highest BCUT2D eigenvalue weighted by Crippen LogP contribution is 2.24. The van der Waals surface area contributed by atoms with Crippen LogP contribution in [0.2, 0.25) is 0 Å². The van der Waals surface area contributed by atoms with Crippen LogP contribution in [0.1, 0.15) is 26.0 Å². The van der Waals surface area contributed by atoms with Crippen molar-refractivity contribution in [3.05, 3.63) is 36.0 Å². The van der Waals surface area contributed by atoms with Crippen molar-refractivity contribution in [1.82, 2.24) is 4.37 Å². The smallest absolute Gasteiger partial charge is 0.239 e. The van der Waals surface area contributed by atoms with Gasteiger partial charge in [0.2, 0.25) is 5.91 Å². The molecular formula is C16H22N4OS. The van der Waals surface area contributed by atoms with Crippen molar-refractivity contribution in [3.63, 3.8) is 0 Å². The zero-order chi connectivity index (χ0) is 16.1. The fourth-order valence-electron chi connectivity index (χ4n) is 2.17. The van der Waals surface area contributed by atoms with E-state index in [0.717, 1.165) is 22.1 Å². The van der Waals surface area contributed by atoms with Gasteiger partial charge in [-0.2, -0.15) is 4.37 Å². The minimum absolute atomic E-state index is 0.329. The largest absolute Gasteiger partial charge is 0.374 e. The maximum Gasteiger partial charge on any atom is 0.239 e. The Hall–Kier alpha value is -2.08. The third-order valence-corrected chi connectivity index (χ3v) is 3.95. The van der Waals surface area contributed by atoms with Crippen LogP contribution in [0.4, 0.5) is 16.4 Å². The summed E-state index contributed by atoms with van der Waals surface area (Å²) >= 11 is 1.42.